The quantitative estimate of drug-likeness (QED) is 0.700. The van der Waals surface area contributed by atoms with E-state index in [1.54, 1.807) is 0 Å². The fourth-order valence-electron chi connectivity index (χ4n) is 0.903. The summed E-state index contributed by atoms with van der Waals surface area (Å²) < 4.78 is 0. The highest BCUT2D eigenvalue weighted by atomic mass is 79.9. The van der Waals surface area contributed by atoms with E-state index in [-0.39, 0.29) is 17.9 Å². The SMILES string of the molecule is CC(C)(CCO)CNC(=O)CCBr. The highest BCUT2D eigenvalue weighted by Gasteiger charge is 2.17. The zero-order valence-corrected chi connectivity index (χ0v) is 9.85. The number of carbonyl (C=O) groups excluding carboxylic acids is 1. The molecule has 0 aliphatic rings. The molecular weight excluding hydrogens is 234 g/mol. The van der Waals surface area contributed by atoms with E-state index in [1.807, 2.05) is 13.8 Å². The lowest BCUT2D eigenvalue weighted by atomic mass is 9.90. The van der Waals surface area contributed by atoms with Crippen LogP contribution in [0.1, 0.15) is 26.7 Å². The van der Waals surface area contributed by atoms with E-state index in [0.29, 0.717) is 24.7 Å². The molecule has 0 aliphatic heterocycles. The summed E-state index contributed by atoms with van der Waals surface area (Å²) in [7, 11) is 0. The van der Waals surface area contributed by atoms with Crippen molar-refractivity contribution in [1.82, 2.24) is 5.32 Å². The molecule has 0 fully saturated rings. The van der Waals surface area contributed by atoms with Gasteiger partial charge < -0.3 is 10.4 Å². The molecule has 2 N–H and O–H groups in total. The predicted octanol–water partition coefficient (Wildman–Crippen LogP) is 1.30. The first-order chi connectivity index (χ1) is 6.02. The number of rotatable bonds is 6. The number of hydrogen-bond donors (Lipinski definition) is 2. The normalized spacial score (nSPS) is 11.4. The van der Waals surface area contributed by atoms with Crippen LogP contribution >= 0.6 is 15.9 Å². The van der Waals surface area contributed by atoms with Crippen molar-refractivity contribution in [1.29, 1.82) is 0 Å². The van der Waals surface area contributed by atoms with Gasteiger partial charge in [-0.25, -0.2) is 0 Å². The molecule has 0 saturated heterocycles. The second kappa shape index (κ2) is 6.38. The minimum absolute atomic E-state index is 0.0171. The summed E-state index contributed by atoms with van der Waals surface area (Å²) in [6, 6.07) is 0. The maximum absolute atomic E-state index is 11.1. The Morgan fingerprint density at radius 1 is 1.54 bits per heavy atom. The number of amides is 1. The summed E-state index contributed by atoms with van der Waals surface area (Å²) in [5.74, 6) is 0.0582. The maximum atomic E-state index is 11.1. The number of carbonyl (C=O) groups is 1. The zero-order valence-electron chi connectivity index (χ0n) is 8.27. The van der Waals surface area contributed by atoms with Crippen LogP contribution in [0.25, 0.3) is 0 Å². The van der Waals surface area contributed by atoms with E-state index < -0.39 is 0 Å². The zero-order chi connectivity index (χ0) is 10.3. The molecule has 4 heteroatoms. The van der Waals surface area contributed by atoms with Crippen molar-refractivity contribution in [2.45, 2.75) is 26.7 Å². The Bertz CT molecular complexity index is 160. The summed E-state index contributed by atoms with van der Waals surface area (Å²) in [6.45, 7) is 4.84. The summed E-state index contributed by atoms with van der Waals surface area (Å²) in [5, 5.41) is 12.3. The second-order valence-corrected chi connectivity index (χ2v) is 4.65. The van der Waals surface area contributed by atoms with Crippen LogP contribution < -0.4 is 5.32 Å². The molecule has 0 bridgehead atoms. The summed E-state index contributed by atoms with van der Waals surface area (Å²) in [6.07, 6.45) is 1.22. The molecule has 0 unspecified atom stereocenters. The third kappa shape index (κ3) is 7.02. The molecule has 78 valence electrons. The van der Waals surface area contributed by atoms with Gasteiger partial charge in [0.15, 0.2) is 0 Å². The topological polar surface area (TPSA) is 49.3 Å². The standard InChI is InChI=1S/C9H18BrNO2/c1-9(2,4-6-12)7-11-8(13)3-5-10/h12H,3-7H2,1-2H3,(H,11,13). The lowest BCUT2D eigenvalue weighted by molar-refractivity contribution is -0.121. The minimum atomic E-state index is -0.0171. The third-order valence-corrected chi connectivity index (χ3v) is 2.27. The van der Waals surface area contributed by atoms with E-state index >= 15 is 0 Å². The van der Waals surface area contributed by atoms with E-state index in [1.165, 1.54) is 0 Å². The molecule has 1 amide bonds. The molecule has 0 radical (unpaired) electrons. The van der Waals surface area contributed by atoms with Gasteiger partial charge in [0, 0.05) is 24.9 Å². The Kier molecular flexibility index (Phi) is 6.33. The lowest BCUT2D eigenvalue weighted by Crippen LogP contribution is -2.34. The first-order valence-electron chi connectivity index (χ1n) is 4.45. The van der Waals surface area contributed by atoms with Crippen molar-refractivity contribution in [3.05, 3.63) is 0 Å². The van der Waals surface area contributed by atoms with Gasteiger partial charge in [0.05, 0.1) is 0 Å². The number of halogens is 1. The average Bonchev–Trinajstić information content (AvgIpc) is 2.02. The molecule has 0 aromatic carbocycles. The van der Waals surface area contributed by atoms with Crippen molar-refractivity contribution in [3.63, 3.8) is 0 Å². The monoisotopic (exact) mass is 251 g/mol. The van der Waals surface area contributed by atoms with Crippen molar-refractivity contribution < 1.29 is 9.90 Å². The maximum Gasteiger partial charge on any atom is 0.220 e. The summed E-state index contributed by atoms with van der Waals surface area (Å²) in [5.41, 5.74) is -0.0171. The van der Waals surface area contributed by atoms with Crippen molar-refractivity contribution in [2.75, 3.05) is 18.5 Å². The van der Waals surface area contributed by atoms with Crippen molar-refractivity contribution in [3.8, 4) is 0 Å². The molecule has 0 rings (SSSR count). The average molecular weight is 252 g/mol. The van der Waals surface area contributed by atoms with Gasteiger partial charge in [-0.2, -0.15) is 0 Å². The van der Waals surface area contributed by atoms with Crippen molar-refractivity contribution >= 4 is 21.8 Å². The fourth-order valence-corrected chi connectivity index (χ4v) is 1.26. The van der Waals surface area contributed by atoms with Gasteiger partial charge in [0.2, 0.25) is 5.91 Å². The van der Waals surface area contributed by atoms with Crippen LogP contribution in [0.5, 0.6) is 0 Å². The summed E-state index contributed by atoms with van der Waals surface area (Å²) >= 11 is 3.20. The van der Waals surface area contributed by atoms with E-state index in [2.05, 4.69) is 21.2 Å². The lowest BCUT2D eigenvalue weighted by Gasteiger charge is -2.23. The molecule has 13 heavy (non-hydrogen) atoms. The highest BCUT2D eigenvalue weighted by molar-refractivity contribution is 9.09. The third-order valence-electron chi connectivity index (χ3n) is 1.87. The number of nitrogens with one attached hydrogen (secondary N) is 1. The van der Waals surface area contributed by atoms with Crippen LogP contribution in [-0.2, 0) is 4.79 Å². The number of alkyl halides is 1. The Morgan fingerprint density at radius 3 is 2.62 bits per heavy atom. The minimum Gasteiger partial charge on any atom is -0.396 e. The molecule has 0 atom stereocenters. The van der Waals surface area contributed by atoms with Crippen LogP contribution in [-0.4, -0.2) is 29.5 Å². The van der Waals surface area contributed by atoms with Gasteiger partial charge in [0.25, 0.3) is 0 Å². The van der Waals surface area contributed by atoms with Gasteiger partial charge in [-0.1, -0.05) is 29.8 Å². The van der Waals surface area contributed by atoms with E-state index in [9.17, 15) is 4.79 Å². The highest BCUT2D eigenvalue weighted by Crippen LogP contribution is 2.17. The number of hydrogen-bond acceptors (Lipinski definition) is 2. The van der Waals surface area contributed by atoms with Crippen LogP contribution in [0.15, 0.2) is 0 Å². The van der Waals surface area contributed by atoms with Gasteiger partial charge in [0.1, 0.15) is 0 Å². The first-order valence-corrected chi connectivity index (χ1v) is 5.57. The largest absolute Gasteiger partial charge is 0.396 e. The Hall–Kier alpha value is -0.0900. The first kappa shape index (κ1) is 12.9. The number of aliphatic hydroxyl groups excluding tert-OH is 1. The van der Waals surface area contributed by atoms with Gasteiger partial charge in [-0.3, -0.25) is 4.79 Å². The molecule has 0 spiro atoms. The molecule has 0 aliphatic carbocycles. The van der Waals surface area contributed by atoms with Crippen molar-refractivity contribution in [2.24, 2.45) is 5.41 Å². The Labute approximate surface area is 88.0 Å². The van der Waals surface area contributed by atoms with Gasteiger partial charge in [-0.15, -0.1) is 0 Å². The van der Waals surface area contributed by atoms with Gasteiger partial charge >= 0.3 is 0 Å². The smallest absolute Gasteiger partial charge is 0.220 e. The van der Waals surface area contributed by atoms with Crippen LogP contribution in [0.3, 0.4) is 0 Å². The van der Waals surface area contributed by atoms with Crippen LogP contribution in [0.4, 0.5) is 0 Å². The Balaban J connectivity index is 3.67. The Morgan fingerprint density at radius 2 is 2.15 bits per heavy atom. The molecule has 0 heterocycles. The van der Waals surface area contributed by atoms with Crippen LogP contribution in [0, 0.1) is 5.41 Å². The van der Waals surface area contributed by atoms with Crippen LogP contribution in [0.2, 0.25) is 0 Å². The molecule has 0 aromatic rings. The number of aliphatic hydroxyl groups is 1. The molecule has 0 saturated carbocycles. The predicted molar refractivity (Wildman–Crippen MR) is 56.9 cm³/mol. The molecule has 3 nitrogen and oxygen atoms in total. The van der Waals surface area contributed by atoms with Gasteiger partial charge in [-0.05, 0) is 11.8 Å². The van der Waals surface area contributed by atoms with E-state index in [0.717, 1.165) is 0 Å². The summed E-state index contributed by atoms with van der Waals surface area (Å²) in [4.78, 5) is 11.1. The fraction of sp³-hybridized carbons (Fsp3) is 0.889. The second-order valence-electron chi connectivity index (χ2n) is 3.85. The van der Waals surface area contributed by atoms with E-state index in [4.69, 9.17) is 5.11 Å². The molecular formula is C9H18BrNO2. The molecule has 0 aromatic heterocycles.